The van der Waals surface area contributed by atoms with E-state index in [-0.39, 0.29) is 12.5 Å². The Hall–Kier alpha value is -3.05. The lowest BCUT2D eigenvalue weighted by atomic mass is 9.97. The molecule has 1 aromatic carbocycles. The van der Waals surface area contributed by atoms with Crippen molar-refractivity contribution in [2.75, 3.05) is 19.7 Å². The summed E-state index contributed by atoms with van der Waals surface area (Å²) in [6.45, 7) is 9.30. The Labute approximate surface area is 216 Å². The van der Waals surface area contributed by atoms with Gasteiger partial charge in [-0.15, -0.1) is 6.42 Å². The second-order valence-electron chi connectivity index (χ2n) is 9.75. The lowest BCUT2D eigenvalue weighted by Crippen LogP contribution is -2.54. The number of unbranched alkanes of at least 4 members (excludes halogenated alkanes) is 4. The first kappa shape index (κ1) is 31.0. The number of aliphatic hydroxyl groups is 1. The van der Waals surface area contributed by atoms with E-state index >= 15 is 0 Å². The number of nitrogens with one attached hydrogen (secondary N) is 2. The SMILES string of the molecule is C#Cc1ccccc1C(C(=O)NCCCCC)N(CCCCC)C(=O)C(CO)NC(=O)OC(C)(C)C. The predicted octanol–water partition coefficient (Wildman–Crippen LogP) is 3.92. The highest BCUT2D eigenvalue weighted by atomic mass is 16.6. The molecule has 8 nitrogen and oxygen atoms in total. The molecule has 8 heteroatoms. The third-order valence-electron chi connectivity index (χ3n) is 5.51. The van der Waals surface area contributed by atoms with Crippen molar-refractivity contribution in [1.82, 2.24) is 15.5 Å². The summed E-state index contributed by atoms with van der Waals surface area (Å²) in [6, 6.07) is 4.71. The van der Waals surface area contributed by atoms with Gasteiger partial charge in [-0.2, -0.15) is 0 Å². The van der Waals surface area contributed by atoms with E-state index in [1.54, 1.807) is 45.0 Å². The molecule has 1 aromatic rings. The Morgan fingerprint density at radius 2 is 1.72 bits per heavy atom. The summed E-state index contributed by atoms with van der Waals surface area (Å²) in [7, 11) is 0. The minimum absolute atomic E-state index is 0.255. The van der Waals surface area contributed by atoms with Gasteiger partial charge >= 0.3 is 6.09 Å². The van der Waals surface area contributed by atoms with Crippen LogP contribution in [0.3, 0.4) is 0 Å². The molecule has 0 radical (unpaired) electrons. The molecule has 0 aliphatic rings. The average Bonchev–Trinajstić information content (AvgIpc) is 2.83. The van der Waals surface area contributed by atoms with Crippen LogP contribution >= 0.6 is 0 Å². The fourth-order valence-electron chi connectivity index (χ4n) is 3.73. The van der Waals surface area contributed by atoms with Crippen LogP contribution in [0.4, 0.5) is 4.79 Å². The third kappa shape index (κ3) is 10.3. The highest BCUT2D eigenvalue weighted by Crippen LogP contribution is 2.26. The van der Waals surface area contributed by atoms with Crippen molar-refractivity contribution < 1.29 is 24.2 Å². The molecule has 0 saturated heterocycles. The lowest BCUT2D eigenvalue weighted by molar-refractivity contribution is -0.143. The first-order valence-corrected chi connectivity index (χ1v) is 12.8. The van der Waals surface area contributed by atoms with E-state index in [1.165, 1.54) is 4.90 Å². The van der Waals surface area contributed by atoms with E-state index in [9.17, 15) is 19.5 Å². The van der Waals surface area contributed by atoms with Crippen molar-refractivity contribution >= 4 is 17.9 Å². The fourth-order valence-corrected chi connectivity index (χ4v) is 3.73. The standard InChI is InChI=1S/C28H43N3O5/c1-7-10-14-18-29-25(33)24(22-17-13-12-16-21(22)9-3)31(19-15-11-8-2)26(34)23(20-32)30-27(35)36-28(4,5)6/h3,12-13,16-17,23-24,32H,7-8,10-11,14-15,18-20H2,1-2,4-6H3,(H,29,33)(H,30,35). The Morgan fingerprint density at radius 1 is 1.08 bits per heavy atom. The zero-order valence-corrected chi connectivity index (χ0v) is 22.4. The van der Waals surface area contributed by atoms with E-state index in [0.717, 1.165) is 32.1 Å². The molecule has 0 heterocycles. The van der Waals surface area contributed by atoms with Gasteiger partial charge < -0.3 is 25.4 Å². The number of nitrogens with zero attached hydrogens (tertiary/aromatic N) is 1. The molecule has 36 heavy (non-hydrogen) atoms. The number of terminal acetylenes is 1. The monoisotopic (exact) mass is 501 g/mol. The largest absolute Gasteiger partial charge is 0.444 e. The molecule has 0 fully saturated rings. The van der Waals surface area contributed by atoms with Crippen LogP contribution in [0.15, 0.2) is 24.3 Å². The molecule has 0 bridgehead atoms. The quantitative estimate of drug-likeness (QED) is 0.265. The molecule has 1 rings (SSSR count). The minimum atomic E-state index is -1.28. The van der Waals surface area contributed by atoms with Crippen molar-refractivity contribution in [2.24, 2.45) is 0 Å². The molecule has 0 spiro atoms. The zero-order chi connectivity index (χ0) is 27.1. The number of rotatable bonds is 14. The molecule has 3 amide bonds. The summed E-state index contributed by atoms with van der Waals surface area (Å²) in [5.41, 5.74) is 0.243. The summed E-state index contributed by atoms with van der Waals surface area (Å²) in [4.78, 5) is 41.0. The Bertz CT molecular complexity index is 888. The first-order valence-electron chi connectivity index (χ1n) is 12.8. The van der Waals surface area contributed by atoms with Gasteiger partial charge in [0.1, 0.15) is 17.7 Å². The highest BCUT2D eigenvalue weighted by molar-refractivity contribution is 5.92. The molecule has 2 unspecified atom stereocenters. The molecule has 2 atom stereocenters. The van der Waals surface area contributed by atoms with E-state index in [1.807, 2.05) is 6.92 Å². The van der Waals surface area contributed by atoms with Crippen LogP contribution in [-0.2, 0) is 14.3 Å². The van der Waals surface area contributed by atoms with E-state index in [0.29, 0.717) is 24.1 Å². The maximum atomic E-state index is 13.7. The smallest absolute Gasteiger partial charge is 0.408 e. The van der Waals surface area contributed by atoms with Crippen molar-refractivity contribution in [2.45, 2.75) is 90.8 Å². The van der Waals surface area contributed by atoms with Crippen LogP contribution < -0.4 is 10.6 Å². The number of hydrogen-bond donors (Lipinski definition) is 3. The third-order valence-corrected chi connectivity index (χ3v) is 5.51. The molecular weight excluding hydrogens is 458 g/mol. The topological polar surface area (TPSA) is 108 Å². The van der Waals surface area contributed by atoms with Crippen LogP contribution in [0, 0.1) is 12.3 Å². The molecule has 200 valence electrons. The lowest BCUT2D eigenvalue weighted by Gasteiger charge is -2.34. The van der Waals surface area contributed by atoms with Gasteiger partial charge in [-0.1, -0.05) is 63.7 Å². The maximum Gasteiger partial charge on any atom is 0.408 e. The average molecular weight is 502 g/mol. The number of benzene rings is 1. The molecule has 0 aromatic heterocycles. The second kappa shape index (κ2) is 15.8. The van der Waals surface area contributed by atoms with Gasteiger partial charge in [0.25, 0.3) is 0 Å². The number of carbonyl (C=O) groups is 3. The summed E-state index contributed by atoms with van der Waals surface area (Å²) < 4.78 is 5.27. The first-order chi connectivity index (χ1) is 17.1. The molecule has 0 aliphatic heterocycles. The number of alkyl carbamates (subject to hydrolysis) is 1. The number of ether oxygens (including phenoxy) is 1. The van der Waals surface area contributed by atoms with Crippen LogP contribution in [-0.4, -0.2) is 59.3 Å². The van der Waals surface area contributed by atoms with Gasteiger partial charge in [0.15, 0.2) is 0 Å². The molecule has 0 aliphatic carbocycles. The number of aliphatic hydroxyl groups excluding tert-OH is 1. The minimum Gasteiger partial charge on any atom is -0.444 e. The molecule has 0 saturated carbocycles. The Morgan fingerprint density at radius 3 is 2.31 bits per heavy atom. The van der Waals surface area contributed by atoms with Crippen LogP contribution in [0.5, 0.6) is 0 Å². The molecular formula is C28H43N3O5. The summed E-state index contributed by atoms with van der Waals surface area (Å²) >= 11 is 0. The van der Waals surface area contributed by atoms with E-state index in [4.69, 9.17) is 11.2 Å². The highest BCUT2D eigenvalue weighted by Gasteiger charge is 2.36. The van der Waals surface area contributed by atoms with Gasteiger partial charge in [-0.05, 0) is 45.2 Å². The van der Waals surface area contributed by atoms with Crippen molar-refractivity contribution in [1.29, 1.82) is 0 Å². The normalized spacial score (nSPS) is 12.7. The van der Waals surface area contributed by atoms with Crippen LogP contribution in [0.25, 0.3) is 0 Å². The maximum absolute atomic E-state index is 13.7. The molecule has 3 N–H and O–H groups in total. The van der Waals surface area contributed by atoms with Gasteiger partial charge in [0.2, 0.25) is 11.8 Å². The Kier molecular flexibility index (Phi) is 13.6. The van der Waals surface area contributed by atoms with Crippen molar-refractivity contribution in [3.05, 3.63) is 35.4 Å². The summed E-state index contributed by atoms with van der Waals surface area (Å²) in [5.74, 6) is 1.68. The van der Waals surface area contributed by atoms with Gasteiger partial charge in [0.05, 0.1) is 6.61 Å². The Balaban J connectivity index is 3.40. The predicted molar refractivity (Wildman–Crippen MR) is 141 cm³/mol. The summed E-state index contributed by atoms with van der Waals surface area (Å²) in [6.07, 6.45) is 10.1. The number of hydrogen-bond acceptors (Lipinski definition) is 5. The van der Waals surface area contributed by atoms with Gasteiger partial charge in [-0.25, -0.2) is 4.79 Å². The summed E-state index contributed by atoms with van der Waals surface area (Å²) in [5, 5.41) is 15.4. The second-order valence-corrected chi connectivity index (χ2v) is 9.75. The number of carbonyl (C=O) groups excluding carboxylic acids is 3. The zero-order valence-electron chi connectivity index (χ0n) is 22.4. The fraction of sp³-hybridized carbons (Fsp3) is 0.607. The van der Waals surface area contributed by atoms with E-state index in [2.05, 4.69) is 23.5 Å². The van der Waals surface area contributed by atoms with Gasteiger partial charge in [-0.3, -0.25) is 9.59 Å². The number of amides is 3. The van der Waals surface area contributed by atoms with Crippen LogP contribution in [0.1, 0.15) is 90.3 Å². The van der Waals surface area contributed by atoms with Gasteiger partial charge in [0, 0.05) is 18.7 Å². The van der Waals surface area contributed by atoms with E-state index < -0.39 is 36.3 Å². The van der Waals surface area contributed by atoms with Crippen molar-refractivity contribution in [3.8, 4) is 12.3 Å². The van der Waals surface area contributed by atoms with Crippen molar-refractivity contribution in [3.63, 3.8) is 0 Å². The van der Waals surface area contributed by atoms with Crippen LogP contribution in [0.2, 0.25) is 0 Å².